The van der Waals surface area contributed by atoms with Gasteiger partial charge in [-0.15, -0.1) is 0 Å². The molecule has 1 aliphatic heterocycles. The number of nitrogens with two attached hydrogens (primary N) is 1. The number of nitrogens with zero attached hydrogens (tertiary/aromatic N) is 1. The van der Waals surface area contributed by atoms with Crippen LogP contribution < -0.4 is 21.9 Å². The van der Waals surface area contributed by atoms with Gasteiger partial charge in [0.25, 0.3) is 5.56 Å². The maximum Gasteiger partial charge on any atom is 0.257 e. The first-order valence-electron chi connectivity index (χ1n) is 7.97. The zero-order valence-corrected chi connectivity index (χ0v) is 13.5. The third-order valence-corrected chi connectivity index (χ3v) is 4.24. The lowest BCUT2D eigenvalue weighted by Gasteiger charge is -2.25. The standard InChI is InChI=1S/C17H23N5O/c1-10(2)12-5-3-11(4-6-12)8-19-13-7-14-15(20-9-13)21-17(18)22-16(14)23/h3-6,10,13,19H,7-9H2,1-2H3,(H4,18,20,21,22,23). The number of H-pyrrole nitrogens is 1. The van der Waals surface area contributed by atoms with E-state index in [1.807, 2.05) is 0 Å². The summed E-state index contributed by atoms with van der Waals surface area (Å²) in [6.45, 7) is 5.89. The van der Waals surface area contributed by atoms with Crippen molar-refractivity contribution in [1.82, 2.24) is 15.3 Å². The van der Waals surface area contributed by atoms with Crippen LogP contribution in [-0.4, -0.2) is 22.6 Å². The number of nitrogens with one attached hydrogen (secondary N) is 3. The lowest BCUT2D eigenvalue weighted by molar-refractivity contribution is 0.512. The molecule has 1 aliphatic rings. The number of nitrogen functional groups attached to an aromatic ring is 1. The summed E-state index contributed by atoms with van der Waals surface area (Å²) >= 11 is 0. The average molecular weight is 313 g/mol. The molecule has 1 aromatic heterocycles. The highest BCUT2D eigenvalue weighted by atomic mass is 16.1. The van der Waals surface area contributed by atoms with E-state index in [0.717, 1.165) is 13.1 Å². The van der Waals surface area contributed by atoms with Crippen LogP contribution in [0.1, 0.15) is 36.5 Å². The van der Waals surface area contributed by atoms with Gasteiger partial charge in [0.05, 0.1) is 5.56 Å². The summed E-state index contributed by atoms with van der Waals surface area (Å²) in [6, 6.07) is 8.85. The van der Waals surface area contributed by atoms with Gasteiger partial charge in [0.15, 0.2) is 0 Å². The Morgan fingerprint density at radius 1 is 1.35 bits per heavy atom. The first-order valence-corrected chi connectivity index (χ1v) is 7.97. The largest absolute Gasteiger partial charge is 0.369 e. The molecular weight excluding hydrogens is 290 g/mol. The van der Waals surface area contributed by atoms with Crippen molar-refractivity contribution >= 4 is 11.8 Å². The van der Waals surface area contributed by atoms with Gasteiger partial charge in [-0.3, -0.25) is 9.78 Å². The molecule has 23 heavy (non-hydrogen) atoms. The molecule has 0 bridgehead atoms. The topological polar surface area (TPSA) is 95.8 Å². The molecule has 0 saturated carbocycles. The summed E-state index contributed by atoms with van der Waals surface area (Å²) in [7, 11) is 0. The van der Waals surface area contributed by atoms with Gasteiger partial charge in [0.1, 0.15) is 5.82 Å². The summed E-state index contributed by atoms with van der Waals surface area (Å²) in [4.78, 5) is 18.7. The van der Waals surface area contributed by atoms with E-state index in [2.05, 4.69) is 58.7 Å². The van der Waals surface area contributed by atoms with Crippen LogP contribution in [0.3, 0.4) is 0 Å². The lowest BCUT2D eigenvalue weighted by Crippen LogP contribution is -2.42. The second-order valence-corrected chi connectivity index (χ2v) is 6.34. The highest BCUT2D eigenvalue weighted by molar-refractivity contribution is 5.48. The van der Waals surface area contributed by atoms with E-state index in [4.69, 9.17) is 5.73 Å². The summed E-state index contributed by atoms with van der Waals surface area (Å²) in [5.41, 5.74) is 8.65. The summed E-state index contributed by atoms with van der Waals surface area (Å²) in [5.74, 6) is 1.30. The van der Waals surface area contributed by atoms with Gasteiger partial charge < -0.3 is 16.4 Å². The minimum atomic E-state index is -0.159. The average Bonchev–Trinajstić information content (AvgIpc) is 2.53. The van der Waals surface area contributed by atoms with Gasteiger partial charge in [-0.05, 0) is 23.5 Å². The van der Waals surface area contributed by atoms with Gasteiger partial charge in [-0.2, -0.15) is 4.98 Å². The van der Waals surface area contributed by atoms with E-state index in [0.29, 0.717) is 23.7 Å². The molecule has 2 aromatic rings. The molecule has 2 heterocycles. The Balaban J connectivity index is 1.62. The molecule has 1 unspecified atom stereocenters. The van der Waals surface area contributed by atoms with Gasteiger partial charge >= 0.3 is 0 Å². The SMILES string of the molecule is CC(C)c1ccc(CNC2CNc3nc(N)[nH]c(=O)c3C2)cc1. The van der Waals surface area contributed by atoms with Gasteiger partial charge in [-0.1, -0.05) is 38.1 Å². The van der Waals surface area contributed by atoms with Crippen molar-refractivity contribution < 1.29 is 0 Å². The number of hydrogen-bond donors (Lipinski definition) is 4. The number of hydrogen-bond acceptors (Lipinski definition) is 5. The number of rotatable bonds is 4. The molecule has 5 N–H and O–H groups in total. The second kappa shape index (κ2) is 6.42. The lowest BCUT2D eigenvalue weighted by atomic mass is 10.0. The molecule has 6 nitrogen and oxygen atoms in total. The molecule has 1 atom stereocenters. The molecule has 6 heteroatoms. The Hall–Kier alpha value is -2.34. The Labute approximate surface area is 135 Å². The van der Waals surface area contributed by atoms with E-state index in [1.54, 1.807) is 0 Å². The van der Waals surface area contributed by atoms with Crippen LogP contribution in [0.25, 0.3) is 0 Å². The van der Waals surface area contributed by atoms with Gasteiger partial charge in [0.2, 0.25) is 5.95 Å². The van der Waals surface area contributed by atoms with E-state index in [1.165, 1.54) is 11.1 Å². The minimum absolute atomic E-state index is 0.151. The molecule has 0 saturated heterocycles. The maximum atomic E-state index is 12.0. The van der Waals surface area contributed by atoms with Crippen molar-refractivity contribution in [3.05, 3.63) is 51.3 Å². The first kappa shape index (κ1) is 15.6. The van der Waals surface area contributed by atoms with Crippen molar-refractivity contribution in [3.63, 3.8) is 0 Å². The fourth-order valence-corrected chi connectivity index (χ4v) is 2.82. The van der Waals surface area contributed by atoms with E-state index >= 15 is 0 Å². The van der Waals surface area contributed by atoms with Crippen molar-refractivity contribution in [2.45, 2.75) is 38.8 Å². The third-order valence-electron chi connectivity index (χ3n) is 4.24. The summed E-state index contributed by atoms with van der Waals surface area (Å²) in [5, 5.41) is 6.68. The molecule has 1 aromatic carbocycles. The molecule has 0 spiro atoms. The Kier molecular flexibility index (Phi) is 4.34. The van der Waals surface area contributed by atoms with Crippen LogP contribution in [0.2, 0.25) is 0 Å². The minimum Gasteiger partial charge on any atom is -0.369 e. The van der Waals surface area contributed by atoms with Crippen LogP contribution in [0.15, 0.2) is 29.1 Å². The van der Waals surface area contributed by atoms with Crippen LogP contribution in [-0.2, 0) is 13.0 Å². The molecule has 0 aliphatic carbocycles. The molecule has 122 valence electrons. The zero-order valence-electron chi connectivity index (χ0n) is 13.5. The highest BCUT2D eigenvalue weighted by Crippen LogP contribution is 2.17. The van der Waals surface area contributed by atoms with Gasteiger partial charge in [0, 0.05) is 19.1 Å². The number of benzene rings is 1. The van der Waals surface area contributed by atoms with Crippen LogP contribution in [0, 0.1) is 0 Å². The molecule has 0 fully saturated rings. The number of anilines is 2. The Morgan fingerprint density at radius 2 is 2.09 bits per heavy atom. The summed E-state index contributed by atoms with van der Waals surface area (Å²) in [6.07, 6.45) is 0.648. The molecule has 0 radical (unpaired) electrons. The van der Waals surface area contributed by atoms with E-state index in [9.17, 15) is 4.79 Å². The Bertz CT molecular complexity index is 736. The Morgan fingerprint density at radius 3 is 2.78 bits per heavy atom. The second-order valence-electron chi connectivity index (χ2n) is 6.34. The van der Waals surface area contributed by atoms with Crippen LogP contribution >= 0.6 is 0 Å². The zero-order chi connectivity index (χ0) is 16.4. The predicted octanol–water partition coefficient (Wildman–Crippen LogP) is 1.60. The van der Waals surface area contributed by atoms with Crippen molar-refractivity contribution in [1.29, 1.82) is 0 Å². The van der Waals surface area contributed by atoms with Gasteiger partial charge in [-0.25, -0.2) is 0 Å². The van der Waals surface area contributed by atoms with Crippen molar-refractivity contribution in [3.8, 4) is 0 Å². The van der Waals surface area contributed by atoms with Crippen LogP contribution in [0.5, 0.6) is 0 Å². The quantitative estimate of drug-likeness (QED) is 0.687. The maximum absolute atomic E-state index is 12.0. The molecular formula is C17H23N5O. The van der Waals surface area contributed by atoms with Crippen molar-refractivity contribution in [2.75, 3.05) is 17.6 Å². The fourth-order valence-electron chi connectivity index (χ4n) is 2.82. The smallest absolute Gasteiger partial charge is 0.257 e. The highest BCUT2D eigenvalue weighted by Gasteiger charge is 2.21. The summed E-state index contributed by atoms with van der Waals surface area (Å²) < 4.78 is 0. The number of aromatic amines is 1. The van der Waals surface area contributed by atoms with Crippen molar-refractivity contribution in [2.24, 2.45) is 0 Å². The van der Waals surface area contributed by atoms with E-state index < -0.39 is 0 Å². The third kappa shape index (κ3) is 3.53. The number of aromatic nitrogens is 2. The molecule has 0 amide bonds. The normalized spacial score (nSPS) is 16.9. The van der Waals surface area contributed by atoms with Crippen LogP contribution in [0.4, 0.5) is 11.8 Å². The first-order chi connectivity index (χ1) is 11.0. The monoisotopic (exact) mass is 313 g/mol. The van der Waals surface area contributed by atoms with E-state index in [-0.39, 0.29) is 17.5 Å². The fraction of sp³-hybridized carbons (Fsp3) is 0.412. The predicted molar refractivity (Wildman–Crippen MR) is 92.6 cm³/mol. The number of fused-ring (bicyclic) bond motifs is 1. The molecule has 3 rings (SSSR count).